The molecule has 1 aromatic heterocycles. The average Bonchev–Trinajstić information content (AvgIpc) is 2.81. The topological polar surface area (TPSA) is 77.0 Å². The van der Waals surface area contributed by atoms with Gasteiger partial charge in [-0.05, 0) is 38.4 Å². The second-order valence-electron chi connectivity index (χ2n) is 8.37. The number of carbonyl (C=O) groups excluding carboxylic acids is 1. The molecule has 1 atom stereocenters. The van der Waals surface area contributed by atoms with Crippen LogP contribution in [0.15, 0.2) is 42.4 Å². The molecule has 0 bridgehead atoms. The van der Waals surface area contributed by atoms with Gasteiger partial charge in [0.15, 0.2) is 11.9 Å². The molecule has 1 aromatic carbocycles. The number of nitrogens with zero attached hydrogens (tertiary/aromatic N) is 4. The molecule has 1 saturated heterocycles. The van der Waals surface area contributed by atoms with Crippen molar-refractivity contribution in [3.05, 3.63) is 42.4 Å². The molecule has 8 nitrogen and oxygen atoms in total. The fourth-order valence-electron chi connectivity index (χ4n) is 3.88. The first-order valence-corrected chi connectivity index (χ1v) is 11.4. The van der Waals surface area contributed by atoms with E-state index in [1.807, 2.05) is 24.3 Å². The number of likely N-dealkylation sites (N-methyl/N-ethyl adjacent to an activating group) is 1. The molecular formula is C24H32N4O4. The molecular weight excluding hydrogens is 408 g/mol. The molecule has 0 saturated carbocycles. The molecule has 2 aromatic rings. The lowest BCUT2D eigenvalue weighted by molar-refractivity contribution is -0.131. The van der Waals surface area contributed by atoms with Gasteiger partial charge < -0.3 is 19.1 Å². The lowest BCUT2D eigenvalue weighted by Gasteiger charge is -2.33. The maximum Gasteiger partial charge on any atom is 0.224 e. The molecule has 2 aliphatic heterocycles. The number of carbonyl (C=O) groups is 1. The lowest BCUT2D eigenvalue weighted by atomic mass is 10.1. The van der Waals surface area contributed by atoms with Crippen molar-refractivity contribution in [3.63, 3.8) is 0 Å². The number of hydrogen-bond acceptors (Lipinski definition) is 8. The summed E-state index contributed by atoms with van der Waals surface area (Å²) in [5, 5.41) is 0.925. The minimum absolute atomic E-state index is 0.0133. The van der Waals surface area contributed by atoms with Crippen molar-refractivity contribution in [1.29, 1.82) is 0 Å². The molecule has 0 aliphatic carbocycles. The number of para-hydroxylation sites is 1. The van der Waals surface area contributed by atoms with Crippen LogP contribution in [0, 0.1) is 0 Å². The van der Waals surface area contributed by atoms with Gasteiger partial charge >= 0.3 is 0 Å². The Bertz CT molecular complexity index is 922. The van der Waals surface area contributed by atoms with Crippen molar-refractivity contribution >= 4 is 16.7 Å². The molecule has 0 N–H and O–H groups in total. The van der Waals surface area contributed by atoms with E-state index < -0.39 is 6.10 Å². The molecule has 2 aliphatic rings. The van der Waals surface area contributed by atoms with Crippen LogP contribution < -0.4 is 4.74 Å². The molecule has 32 heavy (non-hydrogen) atoms. The Balaban J connectivity index is 1.10. The van der Waals surface area contributed by atoms with Crippen LogP contribution >= 0.6 is 0 Å². The normalized spacial score (nSPS) is 20.2. The zero-order chi connectivity index (χ0) is 22.2. The van der Waals surface area contributed by atoms with Crippen molar-refractivity contribution < 1.29 is 19.0 Å². The van der Waals surface area contributed by atoms with E-state index in [4.69, 9.17) is 14.2 Å². The van der Waals surface area contributed by atoms with Gasteiger partial charge in [0.25, 0.3) is 0 Å². The summed E-state index contributed by atoms with van der Waals surface area (Å²) in [4.78, 5) is 25.5. The van der Waals surface area contributed by atoms with Gasteiger partial charge in [0.05, 0.1) is 24.1 Å². The molecule has 0 amide bonds. The monoisotopic (exact) mass is 440 g/mol. The highest BCUT2D eigenvalue weighted by Gasteiger charge is 2.25. The van der Waals surface area contributed by atoms with E-state index >= 15 is 0 Å². The van der Waals surface area contributed by atoms with Crippen molar-refractivity contribution in [2.75, 3.05) is 59.6 Å². The van der Waals surface area contributed by atoms with E-state index in [0.717, 1.165) is 62.1 Å². The Morgan fingerprint density at radius 3 is 2.72 bits per heavy atom. The van der Waals surface area contributed by atoms with Crippen LogP contribution in [-0.4, -0.2) is 91.2 Å². The SMILES string of the molecule is CN1CCN(CC2=CC(=O)C(OCCCCCOc3ncnc4ccccc34)CO2)CC1. The van der Waals surface area contributed by atoms with Gasteiger partial charge in [0, 0.05) is 38.9 Å². The highest BCUT2D eigenvalue weighted by atomic mass is 16.5. The third-order valence-corrected chi connectivity index (χ3v) is 5.87. The number of hydrogen-bond donors (Lipinski definition) is 0. The van der Waals surface area contributed by atoms with Crippen LogP contribution in [0.1, 0.15) is 19.3 Å². The molecule has 8 heteroatoms. The highest BCUT2D eigenvalue weighted by Crippen LogP contribution is 2.20. The third kappa shape index (κ3) is 6.25. The minimum atomic E-state index is -0.491. The number of rotatable bonds is 10. The van der Waals surface area contributed by atoms with E-state index in [1.54, 1.807) is 6.08 Å². The Hall–Kier alpha value is -2.55. The third-order valence-electron chi connectivity index (χ3n) is 5.87. The molecule has 4 rings (SSSR count). The summed E-state index contributed by atoms with van der Waals surface area (Å²) in [5.41, 5.74) is 0.881. The summed E-state index contributed by atoms with van der Waals surface area (Å²) in [6.07, 6.45) is 5.37. The van der Waals surface area contributed by atoms with Gasteiger partial charge in [-0.25, -0.2) is 9.97 Å². The zero-order valence-electron chi connectivity index (χ0n) is 18.7. The average molecular weight is 441 g/mol. The van der Waals surface area contributed by atoms with Crippen molar-refractivity contribution in [3.8, 4) is 5.88 Å². The first-order valence-electron chi connectivity index (χ1n) is 11.4. The van der Waals surface area contributed by atoms with Gasteiger partial charge in [-0.2, -0.15) is 0 Å². The van der Waals surface area contributed by atoms with Crippen LogP contribution in [0.4, 0.5) is 0 Å². The highest BCUT2D eigenvalue weighted by molar-refractivity contribution is 5.94. The number of benzene rings is 1. The predicted molar refractivity (Wildman–Crippen MR) is 122 cm³/mol. The quantitative estimate of drug-likeness (QED) is 0.521. The lowest BCUT2D eigenvalue weighted by Crippen LogP contribution is -2.45. The first-order chi connectivity index (χ1) is 15.7. The van der Waals surface area contributed by atoms with Crippen LogP contribution in [0.2, 0.25) is 0 Å². The summed E-state index contributed by atoms with van der Waals surface area (Å²) in [7, 11) is 2.13. The predicted octanol–water partition coefficient (Wildman–Crippen LogP) is 2.29. The summed E-state index contributed by atoms with van der Waals surface area (Å²) in [6.45, 7) is 6.24. The van der Waals surface area contributed by atoms with Gasteiger partial charge in [-0.1, -0.05) is 12.1 Å². The molecule has 0 radical (unpaired) electrons. The van der Waals surface area contributed by atoms with Crippen LogP contribution in [0.3, 0.4) is 0 Å². The first kappa shape index (κ1) is 22.6. The van der Waals surface area contributed by atoms with Crippen LogP contribution in [-0.2, 0) is 14.3 Å². The minimum Gasteiger partial charge on any atom is -0.493 e. The Kier molecular flexibility index (Phi) is 8.03. The fourth-order valence-corrected chi connectivity index (χ4v) is 3.88. The van der Waals surface area contributed by atoms with Gasteiger partial charge in [-0.3, -0.25) is 9.69 Å². The van der Waals surface area contributed by atoms with Gasteiger partial charge in [0.2, 0.25) is 5.88 Å². The summed E-state index contributed by atoms with van der Waals surface area (Å²) >= 11 is 0. The number of ether oxygens (including phenoxy) is 3. The number of aromatic nitrogens is 2. The van der Waals surface area contributed by atoms with Crippen LogP contribution in [0.25, 0.3) is 10.9 Å². The zero-order valence-corrected chi connectivity index (χ0v) is 18.7. The van der Waals surface area contributed by atoms with Gasteiger partial charge in [0.1, 0.15) is 18.7 Å². The molecule has 172 valence electrons. The second kappa shape index (κ2) is 11.4. The standard InChI is InChI=1S/C24H32N4O4/c1-27-9-11-28(12-10-27)16-19-15-22(29)23(17-32-19)30-13-5-2-6-14-31-24-20-7-3-4-8-21(20)25-18-26-24/h3-4,7-8,15,18,23H,2,5-6,9-14,16-17H2,1H3. The van der Waals surface area contributed by atoms with E-state index in [1.165, 1.54) is 6.33 Å². The summed E-state index contributed by atoms with van der Waals surface area (Å²) in [6, 6.07) is 7.82. The Labute approximate surface area is 189 Å². The largest absolute Gasteiger partial charge is 0.493 e. The maximum absolute atomic E-state index is 12.4. The van der Waals surface area contributed by atoms with Gasteiger partial charge in [-0.15, -0.1) is 0 Å². The summed E-state index contributed by atoms with van der Waals surface area (Å²) in [5.74, 6) is 1.39. The molecule has 0 spiro atoms. The van der Waals surface area contributed by atoms with E-state index in [9.17, 15) is 4.79 Å². The van der Waals surface area contributed by atoms with E-state index in [-0.39, 0.29) is 5.78 Å². The smallest absolute Gasteiger partial charge is 0.224 e. The fraction of sp³-hybridized carbons (Fsp3) is 0.542. The molecule has 1 fully saturated rings. The number of fused-ring (bicyclic) bond motifs is 1. The summed E-state index contributed by atoms with van der Waals surface area (Å²) < 4.78 is 17.4. The van der Waals surface area contributed by atoms with Crippen LogP contribution in [0.5, 0.6) is 5.88 Å². The number of piperazine rings is 1. The molecule has 1 unspecified atom stereocenters. The Morgan fingerprint density at radius 2 is 1.88 bits per heavy atom. The maximum atomic E-state index is 12.4. The second-order valence-corrected chi connectivity index (χ2v) is 8.37. The Morgan fingerprint density at radius 1 is 1.06 bits per heavy atom. The van der Waals surface area contributed by atoms with E-state index in [2.05, 4.69) is 26.8 Å². The van der Waals surface area contributed by atoms with Crippen molar-refractivity contribution in [2.45, 2.75) is 25.4 Å². The van der Waals surface area contributed by atoms with E-state index in [0.29, 0.717) is 32.2 Å². The van der Waals surface area contributed by atoms with Crippen molar-refractivity contribution in [1.82, 2.24) is 19.8 Å². The van der Waals surface area contributed by atoms with Crippen molar-refractivity contribution in [2.24, 2.45) is 0 Å². The number of unbranched alkanes of at least 4 members (excludes halogenated alkanes) is 2. The number of ketones is 1. The molecule has 3 heterocycles.